The number of hydrogen-bond acceptors (Lipinski definition) is 6. The summed E-state index contributed by atoms with van der Waals surface area (Å²) in [4.78, 5) is 31.6. The second kappa shape index (κ2) is 18.4. The van der Waals surface area contributed by atoms with Gasteiger partial charge in [0.05, 0.1) is 47.2 Å². The number of halogens is 1. The van der Waals surface area contributed by atoms with Crippen LogP contribution in [0.2, 0.25) is 0 Å². The highest BCUT2D eigenvalue weighted by molar-refractivity contribution is 5.87. The van der Waals surface area contributed by atoms with Crippen LogP contribution in [-0.4, -0.2) is 81.6 Å². The van der Waals surface area contributed by atoms with Gasteiger partial charge in [0.25, 0.3) is 0 Å². The summed E-state index contributed by atoms with van der Waals surface area (Å²) in [7, 11) is 8.02. The molecule has 0 saturated carbocycles. The molecule has 0 N–H and O–H groups in total. The van der Waals surface area contributed by atoms with Gasteiger partial charge in [-0.25, -0.2) is 9.59 Å². The Morgan fingerprint density at radius 3 is 1.19 bits per heavy atom. The van der Waals surface area contributed by atoms with Gasteiger partial charge in [0.15, 0.2) is 0 Å². The Bertz CT molecular complexity index is 609. The largest absolute Gasteiger partial charge is 1.00 e. The molecular weight excluding hydrogens is 436 g/mol. The molecule has 0 heterocycles. The zero-order valence-electron chi connectivity index (χ0n) is 21.5. The molecule has 0 saturated heterocycles. The fraction of sp³-hybridized carbons (Fsp3) is 0.609. The molecule has 0 aromatic carbocycles. The fourth-order valence-corrected chi connectivity index (χ4v) is 1.13. The van der Waals surface area contributed by atoms with Crippen molar-refractivity contribution in [2.75, 3.05) is 54.7 Å². The second-order valence-corrected chi connectivity index (χ2v) is 8.73. The lowest BCUT2D eigenvalue weighted by Gasteiger charge is -2.26. The van der Waals surface area contributed by atoms with E-state index in [-0.39, 0.29) is 24.3 Å². The second-order valence-electron chi connectivity index (χ2n) is 8.73. The minimum atomic E-state index is -1.12. The van der Waals surface area contributed by atoms with E-state index in [2.05, 4.69) is 27.0 Å². The Hall–Kier alpha value is -2.16. The molecule has 188 valence electrons. The molecule has 0 rings (SSSR count). The Labute approximate surface area is 200 Å². The molecule has 0 spiro atoms. The molecule has 8 nitrogen and oxygen atoms in total. The van der Waals surface area contributed by atoms with Gasteiger partial charge < -0.3 is 31.8 Å². The van der Waals surface area contributed by atoms with Crippen LogP contribution in [0.5, 0.6) is 0 Å². The maximum Gasteiger partial charge on any atom is 0.337 e. The van der Waals surface area contributed by atoms with E-state index in [9.17, 15) is 19.5 Å². The molecule has 0 fully saturated rings. The summed E-state index contributed by atoms with van der Waals surface area (Å²) in [5.41, 5.74) is 1.65. The van der Waals surface area contributed by atoms with Crippen molar-refractivity contribution in [2.45, 2.75) is 41.5 Å². The van der Waals surface area contributed by atoms with Gasteiger partial charge >= 0.3 is 11.9 Å². The first-order valence-corrected chi connectivity index (χ1v) is 10.1. The van der Waals surface area contributed by atoms with Crippen LogP contribution in [0.25, 0.3) is 0 Å². The number of ether oxygens (including phenoxy) is 2. The fourth-order valence-electron chi connectivity index (χ4n) is 1.13. The van der Waals surface area contributed by atoms with Crippen molar-refractivity contribution < 1.29 is 50.3 Å². The molecule has 0 atom stereocenters. The van der Waals surface area contributed by atoms with Crippen molar-refractivity contribution in [1.82, 2.24) is 0 Å². The summed E-state index contributed by atoms with van der Waals surface area (Å²) in [6.07, 6.45) is 1.06. The number of quaternary nitrogens is 2. The van der Waals surface area contributed by atoms with E-state index in [1.165, 1.54) is 0 Å². The monoisotopic (exact) mass is 478 g/mol. The Balaban J connectivity index is -0.000000188. The van der Waals surface area contributed by atoms with Gasteiger partial charge in [-0.05, 0) is 47.6 Å². The molecule has 0 aliphatic carbocycles. The number of nitrogens with zero attached hydrogens (tertiary/aromatic N) is 2. The SMILES string of the molecule is C=C(C)C(=O)OC[N+](C)(C)CC.C=C(C)C(=O)OC[N+](C)(C)CC.CC(C)=CC(=O)[O-].[Cl-]. The molecule has 0 aliphatic rings. The minimum absolute atomic E-state index is 0. The summed E-state index contributed by atoms with van der Waals surface area (Å²) in [6, 6.07) is 0. The number of carbonyl (C=O) groups is 3. The van der Waals surface area contributed by atoms with Crippen molar-refractivity contribution in [1.29, 1.82) is 0 Å². The lowest BCUT2D eigenvalue weighted by molar-refractivity contribution is -0.905. The highest BCUT2D eigenvalue weighted by Gasteiger charge is 2.15. The van der Waals surface area contributed by atoms with E-state index < -0.39 is 5.97 Å². The number of esters is 2. The van der Waals surface area contributed by atoms with Crippen molar-refractivity contribution in [2.24, 2.45) is 0 Å². The zero-order valence-corrected chi connectivity index (χ0v) is 22.3. The van der Waals surface area contributed by atoms with Crippen molar-refractivity contribution in [3.63, 3.8) is 0 Å². The highest BCUT2D eigenvalue weighted by atomic mass is 35.5. The first-order chi connectivity index (χ1) is 13.9. The summed E-state index contributed by atoms with van der Waals surface area (Å²) in [5.74, 6) is -1.75. The van der Waals surface area contributed by atoms with Gasteiger partial charge in [0.2, 0.25) is 13.5 Å². The summed E-state index contributed by atoms with van der Waals surface area (Å²) in [6.45, 7) is 20.5. The highest BCUT2D eigenvalue weighted by Crippen LogP contribution is 2.00. The van der Waals surface area contributed by atoms with Crippen LogP contribution in [0.3, 0.4) is 0 Å². The quantitative estimate of drug-likeness (QED) is 0.183. The third-order valence-electron chi connectivity index (χ3n) is 3.91. The van der Waals surface area contributed by atoms with Gasteiger partial charge in [0.1, 0.15) is 0 Å². The summed E-state index contributed by atoms with van der Waals surface area (Å²) >= 11 is 0. The van der Waals surface area contributed by atoms with Crippen molar-refractivity contribution in [3.8, 4) is 0 Å². The lowest BCUT2D eigenvalue weighted by Crippen LogP contribution is -3.00. The first kappa shape index (κ1) is 37.2. The number of rotatable bonds is 9. The molecule has 0 unspecified atom stereocenters. The molecule has 0 radical (unpaired) electrons. The first-order valence-electron chi connectivity index (χ1n) is 10.1. The standard InChI is InChI=1S/2C9H18NO2.C5H8O2.ClH/c2*1-6-10(4,5)7-12-9(11)8(2)3;1-4(2)3-5(6)7;/h2*2,6-7H2,1,3-5H3;3H,1-2H3,(H,6,7);1H/q2*+1;;/p-2. The van der Waals surface area contributed by atoms with Crippen LogP contribution in [-0.2, 0) is 23.9 Å². The van der Waals surface area contributed by atoms with Gasteiger partial charge in [-0.1, -0.05) is 18.7 Å². The molecule has 0 aromatic heterocycles. The van der Waals surface area contributed by atoms with E-state index in [4.69, 9.17) is 9.47 Å². The molecule has 0 aromatic rings. The van der Waals surface area contributed by atoms with Crippen molar-refractivity contribution >= 4 is 17.9 Å². The van der Waals surface area contributed by atoms with Crippen LogP contribution in [0.4, 0.5) is 0 Å². The summed E-state index contributed by atoms with van der Waals surface area (Å²) in [5, 5.41) is 9.62. The normalized spacial score (nSPS) is 9.94. The molecule has 0 amide bonds. The Morgan fingerprint density at radius 2 is 1.06 bits per heavy atom. The molecule has 9 heteroatoms. The number of hydrogen-bond donors (Lipinski definition) is 0. The third kappa shape index (κ3) is 25.9. The summed E-state index contributed by atoms with van der Waals surface area (Å²) < 4.78 is 11.3. The van der Waals surface area contributed by atoms with Gasteiger partial charge in [0, 0.05) is 11.1 Å². The van der Waals surface area contributed by atoms with Crippen LogP contribution in [0, 0.1) is 0 Å². The maximum absolute atomic E-state index is 11.0. The average molecular weight is 479 g/mol. The number of carbonyl (C=O) groups excluding carboxylic acids is 3. The third-order valence-corrected chi connectivity index (χ3v) is 3.91. The molecular formula is C23H43ClN2O6. The van der Waals surface area contributed by atoms with E-state index in [0.717, 1.165) is 24.7 Å². The lowest BCUT2D eigenvalue weighted by atomic mass is 10.3. The van der Waals surface area contributed by atoms with E-state index in [1.54, 1.807) is 27.7 Å². The number of carboxylic acid groups (broad SMARTS) is 1. The average Bonchev–Trinajstić information content (AvgIpc) is 2.64. The van der Waals surface area contributed by atoms with Crippen LogP contribution < -0.4 is 17.5 Å². The molecule has 0 aliphatic heterocycles. The van der Waals surface area contributed by atoms with Gasteiger partial charge in [-0.15, -0.1) is 0 Å². The zero-order chi connectivity index (χ0) is 25.4. The Morgan fingerprint density at radius 1 is 0.781 bits per heavy atom. The van der Waals surface area contributed by atoms with Crippen LogP contribution in [0.1, 0.15) is 41.5 Å². The van der Waals surface area contributed by atoms with Crippen LogP contribution in [0.15, 0.2) is 36.0 Å². The maximum atomic E-state index is 11.0. The number of allylic oxidation sites excluding steroid dienone is 1. The van der Waals surface area contributed by atoms with Crippen LogP contribution >= 0.6 is 0 Å². The number of carboxylic acids is 1. The predicted molar refractivity (Wildman–Crippen MR) is 121 cm³/mol. The Kier molecular flexibility index (Phi) is 21.4. The van der Waals surface area contributed by atoms with E-state index >= 15 is 0 Å². The van der Waals surface area contributed by atoms with Gasteiger partial charge in [-0.2, -0.15) is 0 Å². The van der Waals surface area contributed by atoms with E-state index in [0.29, 0.717) is 33.6 Å². The number of aliphatic carboxylic acids is 1. The minimum Gasteiger partial charge on any atom is -1.00 e. The van der Waals surface area contributed by atoms with Gasteiger partial charge in [-0.3, -0.25) is 8.97 Å². The smallest absolute Gasteiger partial charge is 0.337 e. The van der Waals surface area contributed by atoms with E-state index in [1.807, 2.05) is 28.2 Å². The topological polar surface area (TPSA) is 92.7 Å². The van der Waals surface area contributed by atoms with Crippen molar-refractivity contribution in [3.05, 3.63) is 36.0 Å². The molecule has 32 heavy (non-hydrogen) atoms. The predicted octanol–water partition coefficient (Wildman–Crippen LogP) is -0.974. The molecule has 0 bridgehead atoms.